The summed E-state index contributed by atoms with van der Waals surface area (Å²) in [5.74, 6) is 0.692. The summed E-state index contributed by atoms with van der Waals surface area (Å²) in [6.45, 7) is -1.25. The summed E-state index contributed by atoms with van der Waals surface area (Å²) in [5, 5.41) is 11.3. The number of rotatable bonds is 6. The van der Waals surface area contributed by atoms with Gasteiger partial charge < -0.3 is 19.7 Å². The molecule has 0 saturated carbocycles. The van der Waals surface area contributed by atoms with Crippen LogP contribution in [0.25, 0.3) is 11.3 Å². The van der Waals surface area contributed by atoms with Crippen molar-refractivity contribution in [1.29, 1.82) is 0 Å². The SMILES string of the molecule is O=C(Nc1ccc(-c2ccco2)cc1)N(CCO)CC(F)F. The van der Waals surface area contributed by atoms with Gasteiger partial charge in [-0.2, -0.15) is 0 Å². The first-order valence-electron chi connectivity index (χ1n) is 6.69. The third kappa shape index (κ3) is 4.29. The maximum Gasteiger partial charge on any atom is 0.322 e. The zero-order valence-corrected chi connectivity index (χ0v) is 11.7. The molecule has 2 aromatic rings. The van der Waals surface area contributed by atoms with Crippen molar-refractivity contribution < 1.29 is 23.1 Å². The maximum atomic E-state index is 12.4. The molecule has 0 fully saturated rings. The molecule has 118 valence electrons. The first kappa shape index (κ1) is 16.0. The summed E-state index contributed by atoms with van der Waals surface area (Å²) in [7, 11) is 0. The highest BCUT2D eigenvalue weighted by Gasteiger charge is 2.17. The topological polar surface area (TPSA) is 65.7 Å². The first-order valence-corrected chi connectivity index (χ1v) is 6.69. The number of carbonyl (C=O) groups is 1. The second-order valence-electron chi connectivity index (χ2n) is 4.55. The summed E-state index contributed by atoms with van der Waals surface area (Å²) in [6.07, 6.45) is -1.10. The number of hydrogen-bond acceptors (Lipinski definition) is 3. The molecule has 0 aliphatic heterocycles. The number of carbonyl (C=O) groups excluding carboxylic acids is 1. The molecule has 1 aromatic heterocycles. The number of furan rings is 1. The first-order chi connectivity index (χ1) is 10.6. The summed E-state index contributed by atoms with van der Waals surface area (Å²) >= 11 is 0. The summed E-state index contributed by atoms with van der Waals surface area (Å²) in [6, 6.07) is 9.68. The highest BCUT2D eigenvalue weighted by Crippen LogP contribution is 2.21. The van der Waals surface area contributed by atoms with E-state index in [4.69, 9.17) is 9.52 Å². The summed E-state index contributed by atoms with van der Waals surface area (Å²) in [4.78, 5) is 12.8. The Hall–Kier alpha value is -2.41. The van der Waals surface area contributed by atoms with Crippen molar-refractivity contribution in [2.24, 2.45) is 0 Å². The number of benzene rings is 1. The van der Waals surface area contributed by atoms with Crippen molar-refractivity contribution in [1.82, 2.24) is 4.90 Å². The van der Waals surface area contributed by atoms with Crippen molar-refractivity contribution in [2.75, 3.05) is 25.0 Å². The lowest BCUT2D eigenvalue weighted by molar-refractivity contribution is 0.0943. The average molecular weight is 310 g/mol. The van der Waals surface area contributed by atoms with E-state index in [0.29, 0.717) is 11.4 Å². The predicted molar refractivity (Wildman–Crippen MR) is 77.8 cm³/mol. The average Bonchev–Trinajstić information content (AvgIpc) is 3.01. The quantitative estimate of drug-likeness (QED) is 0.862. The Kier molecular flexibility index (Phi) is 5.48. The van der Waals surface area contributed by atoms with Gasteiger partial charge in [-0.25, -0.2) is 13.6 Å². The Morgan fingerprint density at radius 2 is 2.00 bits per heavy atom. The van der Waals surface area contributed by atoms with Gasteiger partial charge in [0.25, 0.3) is 6.43 Å². The van der Waals surface area contributed by atoms with Crippen LogP contribution in [0, 0.1) is 0 Å². The van der Waals surface area contributed by atoms with Crippen LogP contribution in [0.15, 0.2) is 47.1 Å². The smallest absolute Gasteiger partial charge is 0.322 e. The number of amides is 2. The number of anilines is 1. The lowest BCUT2D eigenvalue weighted by atomic mass is 10.1. The highest BCUT2D eigenvalue weighted by molar-refractivity contribution is 5.89. The van der Waals surface area contributed by atoms with Crippen molar-refractivity contribution >= 4 is 11.7 Å². The molecule has 0 unspecified atom stereocenters. The van der Waals surface area contributed by atoms with Gasteiger partial charge in [-0.15, -0.1) is 0 Å². The van der Waals surface area contributed by atoms with E-state index in [9.17, 15) is 13.6 Å². The lowest BCUT2D eigenvalue weighted by Gasteiger charge is -2.21. The zero-order valence-electron chi connectivity index (χ0n) is 11.7. The minimum atomic E-state index is -2.65. The number of halogens is 2. The van der Waals surface area contributed by atoms with Crippen LogP contribution in [0.4, 0.5) is 19.3 Å². The second kappa shape index (κ2) is 7.56. The van der Waals surface area contributed by atoms with Crippen LogP contribution in [-0.2, 0) is 0 Å². The Morgan fingerprint density at radius 3 is 2.55 bits per heavy atom. The van der Waals surface area contributed by atoms with E-state index in [-0.39, 0.29) is 13.2 Å². The molecular weight excluding hydrogens is 294 g/mol. The van der Waals surface area contributed by atoms with Crippen LogP contribution in [0.3, 0.4) is 0 Å². The zero-order chi connectivity index (χ0) is 15.9. The maximum absolute atomic E-state index is 12.4. The van der Waals surface area contributed by atoms with E-state index in [1.807, 2.05) is 0 Å². The molecule has 2 amide bonds. The van der Waals surface area contributed by atoms with Gasteiger partial charge in [0.2, 0.25) is 0 Å². The molecule has 0 aliphatic carbocycles. The molecule has 7 heteroatoms. The van der Waals surface area contributed by atoms with Gasteiger partial charge in [-0.1, -0.05) is 0 Å². The standard InChI is InChI=1S/C15H16F2N2O3/c16-14(17)10-19(7-8-20)15(21)18-12-5-3-11(4-6-12)13-2-1-9-22-13/h1-6,9,14,20H,7-8,10H2,(H,18,21). The molecule has 1 heterocycles. The highest BCUT2D eigenvalue weighted by atomic mass is 19.3. The monoisotopic (exact) mass is 310 g/mol. The largest absolute Gasteiger partial charge is 0.464 e. The minimum absolute atomic E-state index is 0.152. The van der Waals surface area contributed by atoms with Gasteiger partial charge in [0, 0.05) is 17.8 Å². The van der Waals surface area contributed by atoms with Crippen LogP contribution >= 0.6 is 0 Å². The van der Waals surface area contributed by atoms with Crippen LogP contribution < -0.4 is 5.32 Å². The van der Waals surface area contributed by atoms with Crippen LogP contribution in [0.2, 0.25) is 0 Å². The molecule has 0 bridgehead atoms. The van der Waals surface area contributed by atoms with Crippen LogP contribution in [0.1, 0.15) is 0 Å². The molecule has 2 rings (SSSR count). The number of nitrogens with zero attached hydrogens (tertiary/aromatic N) is 1. The predicted octanol–water partition coefficient (Wildman–Crippen LogP) is 3.04. The van der Waals surface area contributed by atoms with E-state index >= 15 is 0 Å². The second-order valence-corrected chi connectivity index (χ2v) is 4.55. The molecule has 0 spiro atoms. The van der Waals surface area contributed by atoms with Crippen molar-refractivity contribution in [3.05, 3.63) is 42.7 Å². The third-order valence-corrected chi connectivity index (χ3v) is 2.96. The third-order valence-electron chi connectivity index (χ3n) is 2.96. The van der Waals surface area contributed by atoms with Gasteiger partial charge in [0.05, 0.1) is 19.4 Å². The summed E-state index contributed by atoms with van der Waals surface area (Å²) in [5.41, 5.74) is 1.31. The minimum Gasteiger partial charge on any atom is -0.464 e. The fourth-order valence-electron chi connectivity index (χ4n) is 1.93. The molecule has 0 aliphatic rings. The number of hydrogen-bond donors (Lipinski definition) is 2. The number of aliphatic hydroxyl groups excluding tert-OH is 1. The molecule has 0 atom stereocenters. The molecule has 1 aromatic carbocycles. The van der Waals surface area contributed by atoms with E-state index in [0.717, 1.165) is 10.5 Å². The molecule has 0 radical (unpaired) electrons. The number of alkyl halides is 2. The number of aliphatic hydroxyl groups is 1. The van der Waals surface area contributed by atoms with Crippen LogP contribution in [-0.4, -0.2) is 42.2 Å². The number of nitrogens with one attached hydrogen (secondary N) is 1. The molecular formula is C15H16F2N2O3. The Labute approximate surface area is 126 Å². The number of urea groups is 1. The molecule has 2 N–H and O–H groups in total. The van der Waals surface area contributed by atoms with Gasteiger partial charge >= 0.3 is 6.03 Å². The lowest BCUT2D eigenvalue weighted by Crippen LogP contribution is -2.40. The van der Waals surface area contributed by atoms with E-state index in [1.54, 1.807) is 42.7 Å². The van der Waals surface area contributed by atoms with Gasteiger partial charge in [-0.05, 0) is 36.4 Å². The van der Waals surface area contributed by atoms with Gasteiger partial charge in [0.15, 0.2) is 0 Å². The van der Waals surface area contributed by atoms with Crippen molar-refractivity contribution in [3.8, 4) is 11.3 Å². The van der Waals surface area contributed by atoms with Gasteiger partial charge in [-0.3, -0.25) is 0 Å². The van der Waals surface area contributed by atoms with E-state index in [1.165, 1.54) is 0 Å². The normalized spacial score (nSPS) is 10.7. The fraction of sp³-hybridized carbons (Fsp3) is 0.267. The van der Waals surface area contributed by atoms with Crippen molar-refractivity contribution in [2.45, 2.75) is 6.43 Å². The van der Waals surface area contributed by atoms with Crippen molar-refractivity contribution in [3.63, 3.8) is 0 Å². The molecule has 5 nitrogen and oxygen atoms in total. The van der Waals surface area contributed by atoms with Crippen LogP contribution in [0.5, 0.6) is 0 Å². The Bertz CT molecular complexity index is 585. The molecule has 0 saturated heterocycles. The Balaban J connectivity index is 2.01. The summed E-state index contributed by atoms with van der Waals surface area (Å²) < 4.78 is 30.1. The molecule has 22 heavy (non-hydrogen) atoms. The fourth-order valence-corrected chi connectivity index (χ4v) is 1.93. The van der Waals surface area contributed by atoms with Gasteiger partial charge in [0.1, 0.15) is 5.76 Å². The van der Waals surface area contributed by atoms with E-state index in [2.05, 4.69) is 5.32 Å². The Morgan fingerprint density at radius 1 is 1.27 bits per heavy atom. The van der Waals surface area contributed by atoms with E-state index < -0.39 is 19.0 Å².